The molecule has 0 saturated carbocycles. The molecule has 2 aromatic rings. The molecule has 0 saturated heterocycles. The number of rotatable bonds is 4. The van der Waals surface area contributed by atoms with Crippen molar-refractivity contribution in [2.45, 2.75) is 19.6 Å². The van der Waals surface area contributed by atoms with Crippen LogP contribution in [-0.2, 0) is 13.2 Å². The molecule has 0 aliphatic carbocycles. The summed E-state index contributed by atoms with van der Waals surface area (Å²) in [6, 6.07) is 5.67. The number of alkyl halides is 2. The van der Waals surface area contributed by atoms with E-state index in [9.17, 15) is 13.2 Å². The van der Waals surface area contributed by atoms with E-state index in [1.165, 1.54) is 18.2 Å². The van der Waals surface area contributed by atoms with E-state index in [1.54, 1.807) is 6.07 Å². The first-order valence-corrected chi connectivity index (χ1v) is 5.79. The summed E-state index contributed by atoms with van der Waals surface area (Å²) in [5, 5.41) is 12.6. The van der Waals surface area contributed by atoms with Crippen molar-refractivity contribution in [3.63, 3.8) is 0 Å². The van der Waals surface area contributed by atoms with E-state index in [-0.39, 0.29) is 17.3 Å². The van der Waals surface area contributed by atoms with Crippen molar-refractivity contribution in [2.75, 3.05) is 0 Å². The van der Waals surface area contributed by atoms with Crippen LogP contribution >= 0.6 is 11.6 Å². The van der Waals surface area contributed by atoms with Crippen LogP contribution in [0.15, 0.2) is 24.3 Å². The minimum atomic E-state index is -2.83. The summed E-state index contributed by atoms with van der Waals surface area (Å²) in [4.78, 5) is 0. The maximum absolute atomic E-state index is 13.0. The summed E-state index contributed by atoms with van der Waals surface area (Å²) in [6.45, 7) is -0.571. The van der Waals surface area contributed by atoms with Crippen molar-refractivity contribution in [3.05, 3.63) is 52.1 Å². The van der Waals surface area contributed by atoms with Crippen LogP contribution in [0.3, 0.4) is 0 Å². The van der Waals surface area contributed by atoms with Crippen molar-refractivity contribution in [2.24, 2.45) is 0 Å². The van der Waals surface area contributed by atoms with Gasteiger partial charge >= 0.3 is 0 Å². The van der Waals surface area contributed by atoms with Crippen molar-refractivity contribution in [1.82, 2.24) is 9.78 Å². The van der Waals surface area contributed by atoms with Crippen LogP contribution in [-0.4, -0.2) is 14.9 Å². The summed E-state index contributed by atoms with van der Waals surface area (Å²) >= 11 is 5.88. The molecule has 1 aromatic carbocycles. The molecule has 0 bridgehead atoms. The smallest absolute Gasteiger partial charge is 0.282 e. The lowest BCUT2D eigenvalue weighted by Crippen LogP contribution is -2.03. The topological polar surface area (TPSA) is 38.1 Å². The molecule has 1 N–H and O–H groups in total. The average molecular weight is 291 g/mol. The third-order valence-corrected chi connectivity index (χ3v) is 3.02. The van der Waals surface area contributed by atoms with Gasteiger partial charge in [0.15, 0.2) is 0 Å². The lowest BCUT2D eigenvalue weighted by atomic mass is 10.2. The fourth-order valence-corrected chi connectivity index (χ4v) is 1.98. The Hall–Kier alpha value is -1.53. The van der Waals surface area contributed by atoms with E-state index >= 15 is 0 Å². The first-order chi connectivity index (χ1) is 9.02. The maximum atomic E-state index is 13.0. The molecular weight excluding hydrogens is 281 g/mol. The van der Waals surface area contributed by atoms with Gasteiger partial charge in [-0.3, -0.25) is 0 Å². The number of aliphatic hydroxyl groups is 1. The highest BCUT2D eigenvalue weighted by Crippen LogP contribution is 2.28. The van der Waals surface area contributed by atoms with E-state index in [0.717, 1.165) is 4.68 Å². The summed E-state index contributed by atoms with van der Waals surface area (Å²) in [6.07, 6.45) is -2.83. The van der Waals surface area contributed by atoms with Gasteiger partial charge in [-0.05, 0) is 17.7 Å². The van der Waals surface area contributed by atoms with Crippen LogP contribution in [0.1, 0.15) is 23.2 Å². The summed E-state index contributed by atoms with van der Waals surface area (Å²) < 4.78 is 39.6. The van der Waals surface area contributed by atoms with Gasteiger partial charge in [0.2, 0.25) is 0 Å². The second kappa shape index (κ2) is 5.63. The van der Waals surface area contributed by atoms with Gasteiger partial charge in [0, 0.05) is 5.56 Å². The Kier molecular flexibility index (Phi) is 4.11. The fraction of sp³-hybridized carbons (Fsp3) is 0.250. The number of halogens is 4. The highest BCUT2D eigenvalue weighted by Gasteiger charge is 2.22. The van der Waals surface area contributed by atoms with Crippen LogP contribution in [0.2, 0.25) is 5.15 Å². The molecule has 0 aliphatic rings. The Morgan fingerprint density at radius 3 is 2.63 bits per heavy atom. The Morgan fingerprint density at radius 2 is 2.11 bits per heavy atom. The monoisotopic (exact) mass is 290 g/mol. The zero-order valence-electron chi connectivity index (χ0n) is 9.65. The van der Waals surface area contributed by atoms with Gasteiger partial charge in [-0.2, -0.15) is 5.10 Å². The molecule has 0 atom stereocenters. The van der Waals surface area contributed by atoms with Gasteiger partial charge in [0.05, 0.1) is 13.2 Å². The molecule has 0 radical (unpaired) electrons. The van der Waals surface area contributed by atoms with Crippen LogP contribution in [0.4, 0.5) is 13.2 Å². The number of aliphatic hydroxyl groups excluding tert-OH is 1. The van der Waals surface area contributed by atoms with Gasteiger partial charge in [-0.25, -0.2) is 17.9 Å². The van der Waals surface area contributed by atoms with E-state index in [4.69, 9.17) is 16.7 Å². The average Bonchev–Trinajstić information content (AvgIpc) is 2.66. The number of aromatic nitrogens is 2. The molecule has 0 aliphatic heterocycles. The van der Waals surface area contributed by atoms with Gasteiger partial charge in [0.25, 0.3) is 6.43 Å². The number of hydrogen-bond acceptors (Lipinski definition) is 2. The molecular formula is C12H10ClF3N2O. The molecule has 19 heavy (non-hydrogen) atoms. The molecule has 0 fully saturated rings. The zero-order chi connectivity index (χ0) is 14.0. The van der Waals surface area contributed by atoms with Gasteiger partial charge in [-0.15, -0.1) is 0 Å². The van der Waals surface area contributed by atoms with Gasteiger partial charge < -0.3 is 5.11 Å². The standard InChI is InChI=1S/C12H10ClF3N2O/c13-11-9(6-19)10(12(15)16)17-18(11)5-7-2-1-3-8(14)4-7/h1-4,12,19H,5-6H2. The van der Waals surface area contributed by atoms with Crippen molar-refractivity contribution < 1.29 is 18.3 Å². The number of nitrogens with zero attached hydrogens (tertiary/aromatic N) is 2. The number of benzene rings is 1. The molecule has 1 heterocycles. The van der Waals surface area contributed by atoms with Gasteiger partial charge in [0.1, 0.15) is 16.7 Å². The Morgan fingerprint density at radius 1 is 1.37 bits per heavy atom. The predicted octanol–water partition coefficient (Wildman–Crippen LogP) is 3.15. The Balaban J connectivity index is 2.35. The summed E-state index contributed by atoms with van der Waals surface area (Å²) in [5.74, 6) is -0.433. The maximum Gasteiger partial charge on any atom is 0.282 e. The predicted molar refractivity (Wildman–Crippen MR) is 63.6 cm³/mol. The van der Waals surface area contributed by atoms with E-state index in [1.807, 2.05) is 0 Å². The Bertz CT molecular complexity index is 586. The molecule has 0 unspecified atom stereocenters. The van der Waals surface area contributed by atoms with Crippen molar-refractivity contribution in [3.8, 4) is 0 Å². The minimum absolute atomic E-state index is 0.0519. The first-order valence-electron chi connectivity index (χ1n) is 5.41. The minimum Gasteiger partial charge on any atom is -0.391 e. The van der Waals surface area contributed by atoms with Crippen molar-refractivity contribution >= 4 is 11.6 Å². The second-order valence-corrected chi connectivity index (χ2v) is 4.26. The van der Waals surface area contributed by atoms with Crippen LogP contribution < -0.4 is 0 Å². The third kappa shape index (κ3) is 2.90. The molecule has 1 aromatic heterocycles. The molecule has 0 spiro atoms. The molecule has 102 valence electrons. The quantitative estimate of drug-likeness (QED) is 0.939. The first kappa shape index (κ1) is 13.9. The van der Waals surface area contributed by atoms with E-state index in [2.05, 4.69) is 5.10 Å². The van der Waals surface area contributed by atoms with Crippen LogP contribution in [0, 0.1) is 5.82 Å². The fourth-order valence-electron chi connectivity index (χ4n) is 1.73. The van der Waals surface area contributed by atoms with E-state index in [0.29, 0.717) is 5.56 Å². The normalized spacial score (nSPS) is 11.3. The highest BCUT2D eigenvalue weighted by atomic mass is 35.5. The van der Waals surface area contributed by atoms with Crippen LogP contribution in [0.25, 0.3) is 0 Å². The molecule has 2 rings (SSSR count). The lowest BCUT2D eigenvalue weighted by Gasteiger charge is -2.03. The van der Waals surface area contributed by atoms with Gasteiger partial charge in [-0.1, -0.05) is 23.7 Å². The lowest BCUT2D eigenvalue weighted by molar-refractivity contribution is 0.141. The van der Waals surface area contributed by atoms with Crippen molar-refractivity contribution in [1.29, 1.82) is 0 Å². The molecule has 3 nitrogen and oxygen atoms in total. The number of hydrogen-bond donors (Lipinski definition) is 1. The second-order valence-electron chi connectivity index (χ2n) is 3.90. The largest absolute Gasteiger partial charge is 0.391 e. The summed E-state index contributed by atoms with van der Waals surface area (Å²) in [7, 11) is 0. The highest BCUT2D eigenvalue weighted by molar-refractivity contribution is 6.30. The third-order valence-electron chi connectivity index (χ3n) is 2.60. The van der Waals surface area contributed by atoms with E-state index < -0.39 is 24.5 Å². The zero-order valence-corrected chi connectivity index (χ0v) is 10.4. The van der Waals surface area contributed by atoms with Crippen LogP contribution in [0.5, 0.6) is 0 Å². The molecule has 7 heteroatoms. The molecule has 0 amide bonds. The SMILES string of the molecule is OCc1c(C(F)F)nn(Cc2cccc(F)c2)c1Cl. The summed E-state index contributed by atoms with van der Waals surface area (Å²) in [5.41, 5.74) is -0.119. The Labute approximate surface area is 112 Å².